The summed E-state index contributed by atoms with van der Waals surface area (Å²) in [6.45, 7) is 6.49. The largest absolute Gasteiger partial charge is 0.515 e. The predicted octanol–water partition coefficient (Wildman–Crippen LogP) is 7.37. The van der Waals surface area contributed by atoms with Gasteiger partial charge in [-0.25, -0.2) is 4.79 Å². The first-order chi connectivity index (χ1) is 22.5. The fourth-order valence-corrected chi connectivity index (χ4v) is 5.10. The predicted molar refractivity (Wildman–Crippen MR) is 172 cm³/mol. The van der Waals surface area contributed by atoms with Crippen molar-refractivity contribution in [1.29, 1.82) is 0 Å². The molecule has 4 aromatic rings. The summed E-state index contributed by atoms with van der Waals surface area (Å²) in [5, 5.41) is 0. The van der Waals surface area contributed by atoms with Gasteiger partial charge in [0.15, 0.2) is 0 Å². The summed E-state index contributed by atoms with van der Waals surface area (Å²) in [6, 6.07) is 39.3. The van der Waals surface area contributed by atoms with Crippen LogP contribution in [0.15, 0.2) is 134 Å². The van der Waals surface area contributed by atoms with Crippen molar-refractivity contribution in [3.8, 4) is 0 Å². The van der Waals surface area contributed by atoms with Crippen LogP contribution in [0.25, 0.3) is 0 Å². The minimum Gasteiger partial charge on any atom is -0.401 e. The first kappa shape index (κ1) is 33.1. The van der Waals surface area contributed by atoms with Crippen LogP contribution in [0, 0.1) is 0 Å². The van der Waals surface area contributed by atoms with E-state index < -0.39 is 36.9 Å². The van der Waals surface area contributed by atoms with Gasteiger partial charge in [0.25, 0.3) is 0 Å². The van der Waals surface area contributed by atoms with Crippen LogP contribution in [0.4, 0.5) is 4.79 Å². The molecular formula is C38H40O8. The summed E-state index contributed by atoms with van der Waals surface area (Å²) < 4.78 is 43.2. The first-order valence-electron chi connectivity index (χ1n) is 15.3. The zero-order chi connectivity index (χ0) is 32.0. The van der Waals surface area contributed by atoms with Crippen molar-refractivity contribution in [2.24, 2.45) is 0 Å². The molecule has 8 heteroatoms. The number of allylic oxidation sites excluding steroid dienone is 1. The number of carbonyl (C=O) groups is 1. The Morgan fingerprint density at radius 3 is 1.48 bits per heavy atom. The van der Waals surface area contributed by atoms with Crippen molar-refractivity contribution < 1.29 is 38.0 Å². The molecule has 1 heterocycles. The van der Waals surface area contributed by atoms with Gasteiger partial charge in [-0.1, -0.05) is 128 Å². The Balaban J connectivity index is 1.45. The fourth-order valence-electron chi connectivity index (χ4n) is 5.10. The summed E-state index contributed by atoms with van der Waals surface area (Å²) in [4.78, 5) is 12.8. The van der Waals surface area contributed by atoms with E-state index in [1.807, 2.05) is 121 Å². The Hall–Kier alpha value is -4.31. The molecular weight excluding hydrogens is 584 g/mol. The van der Waals surface area contributed by atoms with Gasteiger partial charge in [0, 0.05) is 0 Å². The van der Waals surface area contributed by atoms with Gasteiger partial charge in [-0.05, 0) is 29.2 Å². The van der Waals surface area contributed by atoms with Gasteiger partial charge in [0.1, 0.15) is 30.2 Å². The highest BCUT2D eigenvalue weighted by Crippen LogP contribution is 2.32. The van der Waals surface area contributed by atoms with Crippen molar-refractivity contribution in [2.45, 2.75) is 64.1 Å². The molecule has 240 valence electrons. The normalized spacial score (nSPS) is 20.9. The summed E-state index contributed by atoms with van der Waals surface area (Å²) in [5.41, 5.74) is 3.90. The Kier molecular flexibility index (Phi) is 12.5. The van der Waals surface area contributed by atoms with Crippen LogP contribution < -0.4 is 0 Å². The van der Waals surface area contributed by atoms with E-state index in [0.29, 0.717) is 13.2 Å². The van der Waals surface area contributed by atoms with Gasteiger partial charge in [0.05, 0.1) is 33.0 Å². The van der Waals surface area contributed by atoms with Crippen molar-refractivity contribution in [3.05, 3.63) is 156 Å². The monoisotopic (exact) mass is 624 g/mol. The molecule has 5 rings (SSSR count). The van der Waals surface area contributed by atoms with Crippen LogP contribution in [0.1, 0.15) is 29.2 Å². The van der Waals surface area contributed by atoms with Crippen LogP contribution >= 0.6 is 0 Å². The van der Waals surface area contributed by atoms with E-state index in [0.717, 1.165) is 22.3 Å². The van der Waals surface area contributed by atoms with E-state index in [1.165, 1.54) is 0 Å². The third-order valence-electron chi connectivity index (χ3n) is 7.31. The van der Waals surface area contributed by atoms with Gasteiger partial charge in [-0.15, -0.1) is 0 Å². The molecule has 1 aliphatic rings. The molecule has 1 saturated heterocycles. The van der Waals surface area contributed by atoms with Crippen molar-refractivity contribution in [2.75, 3.05) is 6.61 Å². The Morgan fingerprint density at radius 2 is 1.02 bits per heavy atom. The lowest BCUT2D eigenvalue weighted by Gasteiger charge is -2.45. The van der Waals surface area contributed by atoms with E-state index >= 15 is 0 Å². The zero-order valence-electron chi connectivity index (χ0n) is 25.9. The SMILES string of the molecule is C=C(C)OC(=O)OC1O[C@H](COCc2ccccc2)[C@@H](OCc2ccccc2)[C@H](OCc2ccccc2)[C@H]1OCc1ccccc1. The lowest BCUT2D eigenvalue weighted by molar-refractivity contribution is -0.318. The van der Waals surface area contributed by atoms with Crippen LogP contribution in [0.2, 0.25) is 0 Å². The quantitative estimate of drug-likeness (QED) is 0.100. The molecule has 1 aliphatic heterocycles. The molecule has 0 amide bonds. The summed E-state index contributed by atoms with van der Waals surface area (Å²) in [7, 11) is 0. The van der Waals surface area contributed by atoms with Crippen molar-refractivity contribution in [1.82, 2.24) is 0 Å². The molecule has 0 saturated carbocycles. The first-order valence-corrected chi connectivity index (χ1v) is 15.3. The summed E-state index contributed by atoms with van der Waals surface area (Å²) >= 11 is 0. The van der Waals surface area contributed by atoms with Crippen LogP contribution in [0.3, 0.4) is 0 Å². The average Bonchev–Trinajstić information content (AvgIpc) is 3.08. The fraction of sp³-hybridized carbons (Fsp3) is 0.289. The summed E-state index contributed by atoms with van der Waals surface area (Å²) in [6.07, 6.45) is -5.11. The van der Waals surface area contributed by atoms with Gasteiger partial charge < -0.3 is 33.2 Å². The highest BCUT2D eigenvalue weighted by atomic mass is 16.8. The lowest BCUT2D eigenvalue weighted by Crippen LogP contribution is -2.62. The minimum absolute atomic E-state index is 0.139. The highest BCUT2D eigenvalue weighted by Gasteiger charge is 2.50. The molecule has 0 N–H and O–H groups in total. The molecule has 0 radical (unpaired) electrons. The van der Waals surface area contributed by atoms with Crippen LogP contribution in [-0.2, 0) is 59.6 Å². The smallest absolute Gasteiger partial charge is 0.401 e. The number of carbonyl (C=O) groups excluding carboxylic acids is 1. The van der Waals surface area contributed by atoms with Crippen molar-refractivity contribution in [3.63, 3.8) is 0 Å². The van der Waals surface area contributed by atoms with E-state index in [9.17, 15) is 4.79 Å². The molecule has 0 aliphatic carbocycles. The summed E-state index contributed by atoms with van der Waals surface area (Å²) in [5.74, 6) is 0.186. The highest BCUT2D eigenvalue weighted by molar-refractivity contribution is 5.61. The standard InChI is InChI=1S/C38H40O8/c1-28(2)44-38(39)46-37-36(43-26-32-21-13-6-14-22-32)35(42-25-31-19-11-5-12-20-31)34(41-24-30-17-9-4-10-18-30)33(45-37)27-40-23-29-15-7-3-8-16-29/h3-22,33-37H,1,23-27H2,2H3/t33-,34-,35+,36-,37?/m1/s1. The van der Waals surface area contributed by atoms with Gasteiger partial charge in [0.2, 0.25) is 6.29 Å². The minimum atomic E-state index is -1.20. The second kappa shape index (κ2) is 17.4. The molecule has 4 aromatic carbocycles. The van der Waals surface area contributed by atoms with Crippen LogP contribution in [0.5, 0.6) is 0 Å². The van der Waals surface area contributed by atoms with Gasteiger partial charge >= 0.3 is 6.16 Å². The van der Waals surface area contributed by atoms with Crippen molar-refractivity contribution >= 4 is 6.16 Å². The second-order valence-electron chi connectivity index (χ2n) is 11.0. The molecule has 0 spiro atoms. The number of rotatable bonds is 15. The van der Waals surface area contributed by atoms with E-state index in [2.05, 4.69) is 6.58 Å². The average molecular weight is 625 g/mol. The number of hydrogen-bond donors (Lipinski definition) is 0. The number of benzene rings is 4. The maximum Gasteiger partial charge on any atom is 0.515 e. The number of hydrogen-bond acceptors (Lipinski definition) is 8. The zero-order valence-corrected chi connectivity index (χ0v) is 25.9. The third-order valence-corrected chi connectivity index (χ3v) is 7.31. The second-order valence-corrected chi connectivity index (χ2v) is 11.0. The van der Waals surface area contributed by atoms with E-state index in [-0.39, 0.29) is 25.6 Å². The Morgan fingerprint density at radius 1 is 0.609 bits per heavy atom. The molecule has 0 bridgehead atoms. The van der Waals surface area contributed by atoms with Gasteiger partial charge in [-0.2, -0.15) is 0 Å². The third kappa shape index (κ3) is 10.1. The number of ether oxygens (including phenoxy) is 7. The van der Waals surface area contributed by atoms with E-state index in [1.54, 1.807) is 6.92 Å². The van der Waals surface area contributed by atoms with E-state index in [4.69, 9.17) is 33.2 Å². The molecule has 1 unspecified atom stereocenters. The van der Waals surface area contributed by atoms with Crippen LogP contribution in [-0.4, -0.2) is 43.5 Å². The lowest BCUT2D eigenvalue weighted by atomic mass is 9.97. The molecule has 1 fully saturated rings. The Bertz CT molecular complexity index is 1470. The molecule has 8 nitrogen and oxygen atoms in total. The molecule has 46 heavy (non-hydrogen) atoms. The molecule has 0 aromatic heterocycles. The maximum absolute atomic E-state index is 12.8. The maximum atomic E-state index is 12.8. The van der Waals surface area contributed by atoms with Gasteiger partial charge in [-0.3, -0.25) is 0 Å². The molecule has 5 atom stereocenters. The Labute approximate surface area is 270 Å². The topological polar surface area (TPSA) is 81.7 Å².